The molecule has 1 aromatic rings. The van der Waals surface area contributed by atoms with E-state index in [2.05, 4.69) is 10.3 Å². The molecule has 0 saturated heterocycles. The lowest BCUT2D eigenvalue weighted by atomic mass is 10.1. The van der Waals surface area contributed by atoms with Crippen LogP contribution in [0, 0.1) is 5.82 Å². The summed E-state index contributed by atoms with van der Waals surface area (Å²) < 4.78 is 57.9. The molecule has 4 nitrogen and oxygen atoms in total. The van der Waals surface area contributed by atoms with Gasteiger partial charge in [0, 0.05) is 18.0 Å². The van der Waals surface area contributed by atoms with Crippen molar-refractivity contribution in [2.45, 2.75) is 71.7 Å². The molecule has 2 rings (SSSR count). The number of nitrogens with one attached hydrogen (secondary N) is 1. The number of pyridine rings is 1. The van der Waals surface area contributed by atoms with Crippen LogP contribution in [-0.4, -0.2) is 16.7 Å². The van der Waals surface area contributed by atoms with Crippen LogP contribution in [0.3, 0.4) is 0 Å². The zero-order valence-electron chi connectivity index (χ0n) is 15.1. The maximum absolute atomic E-state index is 14.3. The highest BCUT2D eigenvalue weighted by Crippen LogP contribution is 2.42. The number of aromatic nitrogens is 1. The molecule has 0 radical (unpaired) electrons. The molecule has 1 aromatic heterocycles. The van der Waals surface area contributed by atoms with Gasteiger partial charge >= 0.3 is 12.3 Å². The molecular formula is C17H24F4N2O2. The molecular weight excluding hydrogens is 340 g/mol. The minimum atomic E-state index is -4.67. The van der Waals surface area contributed by atoms with Gasteiger partial charge < -0.3 is 10.1 Å². The highest BCUT2D eigenvalue weighted by Gasteiger charge is 2.37. The Morgan fingerprint density at radius 2 is 1.84 bits per heavy atom. The van der Waals surface area contributed by atoms with Crippen molar-refractivity contribution in [1.29, 1.82) is 0 Å². The molecule has 1 aliphatic carbocycles. The molecule has 1 saturated carbocycles. The Balaban J connectivity index is 0.00000151. The van der Waals surface area contributed by atoms with E-state index in [0.717, 1.165) is 0 Å². The van der Waals surface area contributed by atoms with Crippen LogP contribution < -0.4 is 5.32 Å². The van der Waals surface area contributed by atoms with Crippen molar-refractivity contribution in [1.82, 2.24) is 10.3 Å². The number of hydrogen-bond acceptors (Lipinski definition) is 3. The number of hydrogen-bond donors (Lipinski definition) is 1. The molecule has 25 heavy (non-hydrogen) atoms. The fourth-order valence-electron chi connectivity index (χ4n) is 1.99. The van der Waals surface area contributed by atoms with E-state index in [4.69, 9.17) is 4.74 Å². The number of halogens is 4. The summed E-state index contributed by atoms with van der Waals surface area (Å²) >= 11 is 0. The number of nitrogens with zero attached hydrogens (tertiary/aromatic N) is 1. The predicted molar refractivity (Wildman–Crippen MR) is 85.6 cm³/mol. The zero-order chi connectivity index (χ0) is 19.4. The first-order valence-corrected chi connectivity index (χ1v) is 8.21. The monoisotopic (exact) mass is 364 g/mol. The Hall–Kier alpha value is -1.86. The molecule has 0 atom stereocenters. The van der Waals surface area contributed by atoms with Gasteiger partial charge in [-0.2, -0.15) is 13.2 Å². The van der Waals surface area contributed by atoms with Gasteiger partial charge in [-0.05, 0) is 39.7 Å². The zero-order valence-corrected chi connectivity index (χ0v) is 15.1. The molecule has 1 N–H and O–H groups in total. The van der Waals surface area contributed by atoms with Crippen LogP contribution in [0.25, 0.3) is 0 Å². The number of carbonyl (C=O) groups excluding carboxylic acids is 1. The Morgan fingerprint density at radius 3 is 2.28 bits per heavy atom. The second-order valence-corrected chi connectivity index (χ2v) is 6.49. The smallest absolute Gasteiger partial charge is 0.433 e. The molecule has 1 amide bonds. The average Bonchev–Trinajstić information content (AvgIpc) is 3.30. The topological polar surface area (TPSA) is 51.2 Å². The summed E-state index contributed by atoms with van der Waals surface area (Å²) in [5, 5.41) is 2.27. The van der Waals surface area contributed by atoms with E-state index in [0.29, 0.717) is 18.9 Å². The van der Waals surface area contributed by atoms with Crippen LogP contribution in [0.15, 0.2) is 6.07 Å². The van der Waals surface area contributed by atoms with E-state index < -0.39 is 35.9 Å². The molecule has 1 aliphatic rings. The Morgan fingerprint density at radius 1 is 1.28 bits per heavy atom. The minimum Gasteiger partial charge on any atom is -0.444 e. The quantitative estimate of drug-likeness (QED) is 0.753. The van der Waals surface area contributed by atoms with Crippen molar-refractivity contribution in [3.05, 3.63) is 28.8 Å². The van der Waals surface area contributed by atoms with Crippen molar-refractivity contribution < 1.29 is 27.1 Å². The highest BCUT2D eigenvalue weighted by molar-refractivity contribution is 5.67. The van der Waals surface area contributed by atoms with Gasteiger partial charge in [0.05, 0.1) is 5.69 Å². The number of amides is 1. The number of carbonyl (C=O) groups is 1. The van der Waals surface area contributed by atoms with Crippen molar-refractivity contribution in [3.63, 3.8) is 0 Å². The Bertz CT molecular complexity index is 606. The minimum absolute atomic E-state index is 0.180. The first-order chi connectivity index (χ1) is 11.5. The summed E-state index contributed by atoms with van der Waals surface area (Å²) in [4.78, 5) is 15.0. The highest BCUT2D eigenvalue weighted by atomic mass is 19.4. The molecule has 0 spiro atoms. The van der Waals surface area contributed by atoms with E-state index >= 15 is 0 Å². The Kier molecular flexibility index (Phi) is 6.79. The van der Waals surface area contributed by atoms with E-state index in [1.165, 1.54) is 0 Å². The lowest BCUT2D eigenvalue weighted by Gasteiger charge is -2.20. The third-order valence-electron chi connectivity index (χ3n) is 3.14. The van der Waals surface area contributed by atoms with Gasteiger partial charge in [0.2, 0.25) is 0 Å². The van der Waals surface area contributed by atoms with Gasteiger partial charge in [0.15, 0.2) is 0 Å². The normalized spacial score (nSPS) is 14.4. The average molecular weight is 364 g/mol. The van der Waals surface area contributed by atoms with Crippen molar-refractivity contribution in [3.8, 4) is 0 Å². The number of ether oxygens (including phenoxy) is 1. The van der Waals surface area contributed by atoms with E-state index in [1.807, 2.05) is 13.8 Å². The van der Waals surface area contributed by atoms with Crippen LogP contribution in [0.1, 0.15) is 70.3 Å². The van der Waals surface area contributed by atoms with Crippen LogP contribution in [-0.2, 0) is 17.5 Å². The van der Waals surface area contributed by atoms with E-state index in [1.54, 1.807) is 20.8 Å². The fraction of sp³-hybridized carbons (Fsp3) is 0.647. The van der Waals surface area contributed by atoms with Gasteiger partial charge in [-0.3, -0.25) is 0 Å². The van der Waals surface area contributed by atoms with Crippen molar-refractivity contribution in [2.75, 3.05) is 0 Å². The molecule has 0 aromatic carbocycles. The largest absolute Gasteiger partial charge is 0.444 e. The maximum atomic E-state index is 14.3. The molecule has 142 valence electrons. The van der Waals surface area contributed by atoms with Crippen LogP contribution in [0.5, 0.6) is 0 Å². The summed E-state index contributed by atoms with van der Waals surface area (Å²) in [5.41, 5.74) is -2.33. The molecule has 8 heteroatoms. The third-order valence-corrected chi connectivity index (χ3v) is 3.14. The standard InChI is InChI=1S/C15H18F4N2O2.C2H6/c1-14(2,3)23-13(22)20-7-9-6-10(15(17,18)19)21-12(11(9)16)8-4-5-8;1-2/h6,8H,4-5,7H2,1-3H3,(H,20,22);1-2H3. The van der Waals surface area contributed by atoms with E-state index in [-0.39, 0.29) is 17.2 Å². The fourth-order valence-corrected chi connectivity index (χ4v) is 1.99. The van der Waals surface area contributed by atoms with Gasteiger partial charge in [-0.1, -0.05) is 13.8 Å². The first kappa shape index (κ1) is 21.2. The summed E-state index contributed by atoms with van der Waals surface area (Å²) in [6, 6.07) is 0.624. The second-order valence-electron chi connectivity index (χ2n) is 6.49. The maximum Gasteiger partial charge on any atom is 0.433 e. The Labute approximate surface area is 145 Å². The van der Waals surface area contributed by atoms with Gasteiger partial charge in [-0.15, -0.1) is 0 Å². The SMILES string of the molecule is CC.CC(C)(C)OC(=O)NCc1cc(C(F)(F)F)nc(C2CC2)c1F. The molecule has 1 heterocycles. The van der Waals surface area contributed by atoms with Gasteiger partial charge in [-0.25, -0.2) is 14.2 Å². The summed E-state index contributed by atoms with van der Waals surface area (Å²) in [7, 11) is 0. The molecule has 0 unspecified atom stereocenters. The van der Waals surface area contributed by atoms with Crippen molar-refractivity contribution >= 4 is 6.09 Å². The van der Waals surface area contributed by atoms with Crippen LogP contribution in [0.2, 0.25) is 0 Å². The first-order valence-electron chi connectivity index (χ1n) is 8.21. The molecule has 0 aliphatic heterocycles. The summed E-state index contributed by atoms with van der Waals surface area (Å²) in [5.74, 6) is -1.07. The predicted octanol–water partition coefficient (Wildman–Crippen LogP) is 5.17. The van der Waals surface area contributed by atoms with E-state index in [9.17, 15) is 22.4 Å². The molecule has 1 fully saturated rings. The number of alkyl carbamates (subject to hydrolysis) is 1. The lowest BCUT2D eigenvalue weighted by Crippen LogP contribution is -2.32. The number of rotatable bonds is 3. The third kappa shape index (κ3) is 6.51. The van der Waals surface area contributed by atoms with Crippen molar-refractivity contribution in [2.24, 2.45) is 0 Å². The second kappa shape index (κ2) is 8.01. The van der Waals surface area contributed by atoms with Crippen LogP contribution >= 0.6 is 0 Å². The summed E-state index contributed by atoms with van der Waals surface area (Å²) in [6.07, 6.45) is -4.26. The molecule has 0 bridgehead atoms. The number of alkyl halides is 3. The lowest BCUT2D eigenvalue weighted by molar-refractivity contribution is -0.141. The van der Waals surface area contributed by atoms with Gasteiger partial charge in [0.25, 0.3) is 0 Å². The van der Waals surface area contributed by atoms with Gasteiger partial charge in [0.1, 0.15) is 17.1 Å². The summed E-state index contributed by atoms with van der Waals surface area (Å²) in [6.45, 7) is 8.54. The van der Waals surface area contributed by atoms with Crippen LogP contribution in [0.4, 0.5) is 22.4 Å².